The van der Waals surface area contributed by atoms with Crippen molar-refractivity contribution in [2.45, 2.75) is 6.92 Å². The summed E-state index contributed by atoms with van der Waals surface area (Å²) >= 11 is 0. The Morgan fingerprint density at radius 3 is 2.80 bits per heavy atom. The van der Waals surface area contributed by atoms with Crippen molar-refractivity contribution in [3.63, 3.8) is 0 Å². The summed E-state index contributed by atoms with van der Waals surface area (Å²) in [7, 11) is 0. The monoisotopic (exact) mass is 204 g/mol. The Morgan fingerprint density at radius 2 is 2.13 bits per heavy atom. The van der Waals surface area contributed by atoms with Crippen LogP contribution in [0.1, 0.15) is 16.1 Å². The van der Waals surface area contributed by atoms with Crippen LogP contribution in [0.4, 0.5) is 0 Å². The van der Waals surface area contributed by atoms with Gasteiger partial charge in [-0.05, 0) is 19.1 Å². The van der Waals surface area contributed by atoms with Gasteiger partial charge in [0.15, 0.2) is 0 Å². The maximum Gasteiger partial charge on any atom is 0.341 e. The van der Waals surface area contributed by atoms with Crippen molar-refractivity contribution >= 4 is 17.0 Å². The highest BCUT2D eigenvalue weighted by Gasteiger charge is 2.15. The number of benzene rings is 1. The fourth-order valence-corrected chi connectivity index (χ4v) is 1.37. The number of aryl methyl sites for hydroxylation is 1. The number of carbonyl (C=O) groups is 1. The van der Waals surface area contributed by atoms with Gasteiger partial charge in [-0.25, -0.2) is 9.78 Å². The van der Waals surface area contributed by atoms with Crippen molar-refractivity contribution < 1.29 is 15.0 Å². The largest absolute Gasteiger partial charge is 0.507 e. The van der Waals surface area contributed by atoms with E-state index in [1.54, 1.807) is 13.1 Å². The van der Waals surface area contributed by atoms with E-state index < -0.39 is 5.97 Å². The summed E-state index contributed by atoms with van der Waals surface area (Å²) in [6, 6.07) is 2.83. The zero-order valence-corrected chi connectivity index (χ0v) is 7.93. The lowest BCUT2D eigenvalue weighted by molar-refractivity contribution is 0.0696. The number of aromatic carboxylic acids is 1. The van der Waals surface area contributed by atoms with Gasteiger partial charge in [-0.3, -0.25) is 4.98 Å². The molecular formula is C10H8N2O3. The highest BCUT2D eigenvalue weighted by atomic mass is 16.4. The van der Waals surface area contributed by atoms with Gasteiger partial charge in [0.25, 0.3) is 0 Å². The zero-order valence-electron chi connectivity index (χ0n) is 7.93. The molecule has 0 spiro atoms. The van der Waals surface area contributed by atoms with E-state index in [4.69, 9.17) is 5.11 Å². The normalized spacial score (nSPS) is 10.5. The Hall–Kier alpha value is -2.17. The molecule has 2 rings (SSSR count). The van der Waals surface area contributed by atoms with E-state index in [2.05, 4.69) is 9.97 Å². The third kappa shape index (κ3) is 1.48. The van der Waals surface area contributed by atoms with Crippen LogP contribution in [0.25, 0.3) is 11.0 Å². The molecule has 0 radical (unpaired) electrons. The molecule has 5 heteroatoms. The van der Waals surface area contributed by atoms with Crippen molar-refractivity contribution in [2.75, 3.05) is 0 Å². The van der Waals surface area contributed by atoms with Crippen molar-refractivity contribution in [1.29, 1.82) is 0 Å². The quantitative estimate of drug-likeness (QED) is 0.732. The molecule has 0 fully saturated rings. The van der Waals surface area contributed by atoms with Crippen LogP contribution in [0.3, 0.4) is 0 Å². The Kier molecular flexibility index (Phi) is 2.00. The maximum atomic E-state index is 10.9. The third-order valence-corrected chi connectivity index (χ3v) is 2.03. The van der Waals surface area contributed by atoms with E-state index >= 15 is 0 Å². The molecule has 15 heavy (non-hydrogen) atoms. The van der Waals surface area contributed by atoms with Crippen molar-refractivity contribution in [2.24, 2.45) is 0 Å². The van der Waals surface area contributed by atoms with E-state index in [1.807, 2.05) is 0 Å². The van der Waals surface area contributed by atoms with E-state index in [-0.39, 0.29) is 16.8 Å². The first-order valence-corrected chi connectivity index (χ1v) is 4.28. The smallest absolute Gasteiger partial charge is 0.341 e. The molecule has 76 valence electrons. The molecule has 0 aliphatic carbocycles. The molecule has 0 atom stereocenters. The zero-order chi connectivity index (χ0) is 11.0. The second kappa shape index (κ2) is 3.20. The topological polar surface area (TPSA) is 83.3 Å². The van der Waals surface area contributed by atoms with Crippen LogP contribution in [0.15, 0.2) is 18.3 Å². The second-order valence-corrected chi connectivity index (χ2v) is 3.14. The van der Waals surface area contributed by atoms with Gasteiger partial charge in [0.1, 0.15) is 16.8 Å². The summed E-state index contributed by atoms with van der Waals surface area (Å²) in [5.41, 5.74) is 1.07. The minimum absolute atomic E-state index is 0.205. The number of hydrogen-bond acceptors (Lipinski definition) is 4. The van der Waals surface area contributed by atoms with Gasteiger partial charge >= 0.3 is 5.97 Å². The molecule has 0 amide bonds. The molecule has 1 heterocycles. The van der Waals surface area contributed by atoms with Crippen LogP contribution < -0.4 is 0 Å². The first-order chi connectivity index (χ1) is 7.09. The summed E-state index contributed by atoms with van der Waals surface area (Å²) in [6.07, 6.45) is 1.55. The van der Waals surface area contributed by atoms with Crippen molar-refractivity contribution in [3.05, 3.63) is 29.6 Å². The van der Waals surface area contributed by atoms with Crippen LogP contribution in [0, 0.1) is 6.92 Å². The number of carboxylic acid groups (broad SMARTS) is 1. The molecule has 1 aromatic heterocycles. The molecule has 0 unspecified atom stereocenters. The third-order valence-electron chi connectivity index (χ3n) is 2.03. The first kappa shape index (κ1) is 9.39. The Morgan fingerprint density at radius 1 is 1.40 bits per heavy atom. The van der Waals surface area contributed by atoms with Gasteiger partial charge in [0.05, 0.1) is 11.2 Å². The number of nitrogens with zero attached hydrogens (tertiary/aromatic N) is 2. The number of hydrogen-bond donors (Lipinski definition) is 2. The molecule has 0 saturated heterocycles. The van der Waals surface area contributed by atoms with Crippen molar-refractivity contribution in [1.82, 2.24) is 9.97 Å². The van der Waals surface area contributed by atoms with Crippen LogP contribution in [-0.2, 0) is 0 Å². The number of aromatic nitrogens is 2. The number of aromatic hydroxyl groups is 1. The van der Waals surface area contributed by atoms with Crippen LogP contribution in [0.2, 0.25) is 0 Å². The van der Waals surface area contributed by atoms with E-state index in [0.29, 0.717) is 11.2 Å². The Labute approximate surface area is 85.0 Å². The lowest BCUT2D eigenvalue weighted by atomic mass is 10.1. The van der Waals surface area contributed by atoms with Gasteiger partial charge in [0, 0.05) is 6.20 Å². The molecule has 0 bridgehead atoms. The Balaban J connectivity index is 2.90. The minimum Gasteiger partial charge on any atom is -0.507 e. The number of carboxylic acids is 1. The second-order valence-electron chi connectivity index (χ2n) is 3.14. The summed E-state index contributed by atoms with van der Waals surface area (Å²) in [5, 5.41) is 18.3. The van der Waals surface area contributed by atoms with E-state index in [0.717, 1.165) is 0 Å². The highest BCUT2D eigenvalue weighted by Crippen LogP contribution is 2.24. The lowest BCUT2D eigenvalue weighted by Gasteiger charge is -2.03. The molecule has 1 aromatic carbocycles. The van der Waals surface area contributed by atoms with E-state index in [9.17, 15) is 9.90 Å². The van der Waals surface area contributed by atoms with Crippen LogP contribution in [0.5, 0.6) is 5.75 Å². The summed E-state index contributed by atoms with van der Waals surface area (Å²) in [4.78, 5) is 19.0. The number of phenols is 1. The van der Waals surface area contributed by atoms with Gasteiger partial charge in [0.2, 0.25) is 0 Å². The summed E-state index contributed by atoms with van der Waals surface area (Å²) in [6.45, 7) is 1.71. The highest BCUT2D eigenvalue weighted by molar-refractivity contribution is 6.03. The Bertz CT molecular complexity index is 546. The fraction of sp³-hybridized carbons (Fsp3) is 0.100. The molecule has 0 saturated carbocycles. The van der Waals surface area contributed by atoms with Crippen LogP contribution in [-0.4, -0.2) is 26.2 Å². The number of rotatable bonds is 1. The standard InChI is InChI=1S/C10H8N2O3/c1-5-4-11-6-2-3-7(13)8(10(14)15)9(6)12-5/h2-4,13H,1H3,(H,14,15). The van der Waals surface area contributed by atoms with Crippen molar-refractivity contribution in [3.8, 4) is 5.75 Å². The molecule has 0 aliphatic heterocycles. The number of fused-ring (bicyclic) bond motifs is 1. The average Bonchev–Trinajstić information content (AvgIpc) is 2.16. The predicted molar refractivity (Wildman–Crippen MR) is 52.9 cm³/mol. The van der Waals surface area contributed by atoms with Gasteiger partial charge < -0.3 is 10.2 Å². The van der Waals surface area contributed by atoms with Crippen LogP contribution >= 0.6 is 0 Å². The SMILES string of the molecule is Cc1cnc2ccc(O)c(C(=O)O)c2n1. The summed E-state index contributed by atoms with van der Waals surface area (Å²) in [5.74, 6) is -1.51. The molecule has 2 aromatic rings. The molecular weight excluding hydrogens is 196 g/mol. The first-order valence-electron chi connectivity index (χ1n) is 4.28. The van der Waals surface area contributed by atoms with Gasteiger partial charge in [-0.15, -0.1) is 0 Å². The van der Waals surface area contributed by atoms with Gasteiger partial charge in [-0.1, -0.05) is 0 Å². The van der Waals surface area contributed by atoms with Gasteiger partial charge in [-0.2, -0.15) is 0 Å². The minimum atomic E-state index is -1.21. The fourth-order valence-electron chi connectivity index (χ4n) is 1.37. The predicted octanol–water partition coefficient (Wildman–Crippen LogP) is 1.34. The maximum absolute atomic E-state index is 10.9. The molecule has 0 aliphatic rings. The molecule has 5 nitrogen and oxygen atoms in total. The average molecular weight is 204 g/mol. The lowest BCUT2D eigenvalue weighted by Crippen LogP contribution is -2.01. The molecule has 2 N–H and O–H groups in total. The van der Waals surface area contributed by atoms with E-state index in [1.165, 1.54) is 12.1 Å². The summed E-state index contributed by atoms with van der Waals surface area (Å²) < 4.78 is 0.